The van der Waals surface area contributed by atoms with Gasteiger partial charge < -0.3 is 25.1 Å². The lowest BCUT2D eigenvalue weighted by Crippen LogP contribution is -2.55. The number of hydrogen-bond acceptors (Lipinski definition) is 10. The van der Waals surface area contributed by atoms with Gasteiger partial charge in [0.25, 0.3) is 0 Å². The first-order valence-electron chi connectivity index (χ1n) is 13.4. The lowest BCUT2D eigenvalue weighted by atomic mass is 10.1. The van der Waals surface area contributed by atoms with E-state index in [9.17, 15) is 16.8 Å². The van der Waals surface area contributed by atoms with E-state index in [1.165, 1.54) is 19.4 Å². The average Bonchev–Trinajstić information content (AvgIpc) is 3.33. The number of halogens is 1. The molecule has 0 radical (unpaired) electrons. The van der Waals surface area contributed by atoms with Crippen molar-refractivity contribution >= 4 is 59.7 Å². The molecule has 1 aromatic carbocycles. The second-order valence-electron chi connectivity index (χ2n) is 10.2. The van der Waals surface area contributed by atoms with E-state index in [1.807, 2.05) is 0 Å². The fourth-order valence-corrected chi connectivity index (χ4v) is 7.70. The van der Waals surface area contributed by atoms with Crippen LogP contribution < -0.4 is 15.4 Å². The molecule has 0 amide bonds. The maximum Gasteiger partial charge on any atom is 0.244 e. The van der Waals surface area contributed by atoms with Gasteiger partial charge in [-0.25, -0.2) is 21.8 Å². The summed E-state index contributed by atoms with van der Waals surface area (Å²) in [5.74, 6) is 0.716. The molecule has 2 aliphatic heterocycles. The summed E-state index contributed by atoms with van der Waals surface area (Å²) in [6.07, 6.45) is 5.17. The Morgan fingerprint density at radius 3 is 2.63 bits per heavy atom. The molecule has 12 nitrogen and oxygen atoms in total. The number of pyridine rings is 1. The van der Waals surface area contributed by atoms with E-state index < -0.39 is 19.9 Å². The number of sulfone groups is 1. The van der Waals surface area contributed by atoms with Gasteiger partial charge in [0.1, 0.15) is 27.1 Å². The molecule has 0 bridgehead atoms. The van der Waals surface area contributed by atoms with Crippen molar-refractivity contribution in [3.63, 3.8) is 0 Å². The zero-order valence-corrected chi connectivity index (χ0v) is 25.4. The summed E-state index contributed by atoms with van der Waals surface area (Å²) >= 11 is 6.35. The van der Waals surface area contributed by atoms with Crippen LogP contribution in [0.3, 0.4) is 0 Å². The number of nitrogens with one attached hydrogen (secondary N) is 3. The highest BCUT2D eigenvalue weighted by atomic mass is 35.5. The van der Waals surface area contributed by atoms with Crippen molar-refractivity contribution in [2.45, 2.75) is 30.3 Å². The van der Waals surface area contributed by atoms with Crippen molar-refractivity contribution in [2.75, 3.05) is 69.1 Å². The molecule has 2 aliphatic rings. The molecule has 15 heteroatoms. The zero-order chi connectivity index (χ0) is 29.2. The van der Waals surface area contributed by atoms with E-state index in [0.29, 0.717) is 71.8 Å². The Bertz CT molecular complexity index is 1610. The maximum atomic E-state index is 13.9. The lowest BCUT2D eigenvalue weighted by molar-refractivity contribution is -0.0215. The third-order valence-corrected chi connectivity index (χ3v) is 10.5. The largest absolute Gasteiger partial charge is 0.495 e. The second kappa shape index (κ2) is 12.3. The maximum absolute atomic E-state index is 13.9. The minimum atomic E-state index is -3.79. The topological polar surface area (TPSA) is 146 Å². The monoisotopic (exact) mass is 626 g/mol. The first-order valence-corrected chi connectivity index (χ1v) is 17.3. The van der Waals surface area contributed by atoms with Crippen LogP contribution in [0.25, 0.3) is 11.0 Å². The lowest BCUT2D eigenvalue weighted by Gasteiger charge is -2.43. The van der Waals surface area contributed by atoms with E-state index in [2.05, 4.69) is 25.5 Å². The van der Waals surface area contributed by atoms with Crippen molar-refractivity contribution in [2.24, 2.45) is 0 Å². The summed E-state index contributed by atoms with van der Waals surface area (Å²) in [4.78, 5) is 9.95. The smallest absolute Gasteiger partial charge is 0.244 e. The first kappa shape index (κ1) is 29.9. The Labute approximate surface area is 245 Å². The molecule has 2 saturated heterocycles. The molecular formula is C26H35ClN6O6S2. The summed E-state index contributed by atoms with van der Waals surface area (Å²) in [7, 11) is -5.47. The molecule has 0 aliphatic carbocycles. The number of benzene rings is 1. The fraction of sp³-hybridized carbons (Fsp3) is 0.500. The number of aromatic amines is 1. The number of anilines is 3. The van der Waals surface area contributed by atoms with Crippen LogP contribution in [0.1, 0.15) is 19.3 Å². The van der Waals surface area contributed by atoms with Crippen LogP contribution in [0.4, 0.5) is 17.2 Å². The van der Waals surface area contributed by atoms with Crippen LogP contribution >= 0.6 is 11.6 Å². The molecule has 3 N–H and O–H groups in total. The van der Waals surface area contributed by atoms with Crippen LogP contribution in [0.5, 0.6) is 5.75 Å². The standard InChI is InChI=1S/C26H35ClN6O6S2/c1-38-22-15-18(41(36,37)33-9-4-3-5-24(33)32-10-12-39-13-11-32)6-7-20(22)30-23-16-21(28-8-14-40(2,34)35)25-19(27)17-29-26(25)31-23/h6-7,15-17,24H,3-5,8-14H2,1-2H3,(H3,28,29,30,31). The van der Waals surface area contributed by atoms with E-state index >= 15 is 0 Å². The predicted octanol–water partition coefficient (Wildman–Crippen LogP) is 3.26. The minimum absolute atomic E-state index is 0.0468. The van der Waals surface area contributed by atoms with E-state index in [1.54, 1.807) is 28.7 Å². The van der Waals surface area contributed by atoms with Crippen molar-refractivity contribution in [3.8, 4) is 5.75 Å². The first-order chi connectivity index (χ1) is 19.6. The van der Waals surface area contributed by atoms with Gasteiger partial charge in [0.2, 0.25) is 10.0 Å². The quantitative estimate of drug-likeness (QED) is 0.306. The van der Waals surface area contributed by atoms with Crippen LogP contribution in [0.2, 0.25) is 5.02 Å². The SMILES string of the molecule is COc1cc(S(=O)(=O)N2CCCCC2N2CCOCC2)ccc1Nc1cc(NCCS(C)(=O)=O)c2c(Cl)c[nH]c2n1. The molecule has 41 heavy (non-hydrogen) atoms. The van der Waals surface area contributed by atoms with Crippen molar-refractivity contribution < 1.29 is 26.3 Å². The average molecular weight is 627 g/mol. The summed E-state index contributed by atoms with van der Waals surface area (Å²) in [5, 5.41) is 7.41. The summed E-state index contributed by atoms with van der Waals surface area (Å²) in [6.45, 7) is 3.26. The van der Waals surface area contributed by atoms with Gasteiger partial charge in [-0.2, -0.15) is 4.31 Å². The van der Waals surface area contributed by atoms with Crippen LogP contribution in [0.15, 0.2) is 35.4 Å². The molecule has 0 saturated carbocycles. The van der Waals surface area contributed by atoms with E-state index in [4.69, 9.17) is 21.1 Å². The molecule has 5 rings (SSSR count). The molecule has 2 fully saturated rings. The van der Waals surface area contributed by atoms with Gasteiger partial charge in [-0.3, -0.25) is 4.90 Å². The third-order valence-electron chi connectivity index (χ3n) is 7.31. The fourth-order valence-electron chi connectivity index (χ4n) is 5.29. The van der Waals surface area contributed by atoms with Gasteiger partial charge in [-0.1, -0.05) is 11.6 Å². The summed E-state index contributed by atoms with van der Waals surface area (Å²) in [6, 6.07) is 6.47. The number of morpholine rings is 1. The van der Waals surface area contributed by atoms with Crippen molar-refractivity contribution in [1.29, 1.82) is 0 Å². The molecule has 2 aromatic heterocycles. The van der Waals surface area contributed by atoms with Crippen molar-refractivity contribution in [1.82, 2.24) is 19.2 Å². The molecule has 0 spiro atoms. The van der Waals surface area contributed by atoms with Gasteiger partial charge in [-0.05, 0) is 31.4 Å². The highest BCUT2D eigenvalue weighted by Gasteiger charge is 2.37. The van der Waals surface area contributed by atoms with Gasteiger partial charge in [0, 0.05) is 50.8 Å². The number of aromatic nitrogens is 2. The normalized spacial score (nSPS) is 19.3. The number of sulfonamides is 1. The van der Waals surface area contributed by atoms with Crippen LogP contribution in [0, 0.1) is 0 Å². The molecule has 224 valence electrons. The number of H-pyrrole nitrogens is 1. The van der Waals surface area contributed by atoms with Gasteiger partial charge >= 0.3 is 0 Å². The molecular weight excluding hydrogens is 592 g/mol. The third kappa shape index (κ3) is 6.73. The van der Waals surface area contributed by atoms with Gasteiger partial charge in [0.05, 0.1) is 58.9 Å². The van der Waals surface area contributed by atoms with Crippen LogP contribution in [-0.2, 0) is 24.6 Å². The number of fused-ring (bicyclic) bond motifs is 1. The molecule has 1 unspecified atom stereocenters. The molecule has 3 aromatic rings. The number of nitrogens with zero attached hydrogens (tertiary/aromatic N) is 3. The minimum Gasteiger partial charge on any atom is -0.495 e. The Kier molecular flexibility index (Phi) is 8.97. The highest BCUT2D eigenvalue weighted by molar-refractivity contribution is 7.90. The summed E-state index contributed by atoms with van der Waals surface area (Å²) < 4.78 is 63.6. The predicted molar refractivity (Wildman–Crippen MR) is 160 cm³/mol. The Morgan fingerprint density at radius 1 is 1.12 bits per heavy atom. The number of ether oxygens (including phenoxy) is 2. The number of rotatable bonds is 10. The summed E-state index contributed by atoms with van der Waals surface area (Å²) in [5.41, 5.74) is 1.62. The highest BCUT2D eigenvalue weighted by Crippen LogP contribution is 2.36. The van der Waals surface area contributed by atoms with Gasteiger partial charge in [0.15, 0.2) is 0 Å². The zero-order valence-electron chi connectivity index (χ0n) is 23.0. The molecule has 1 atom stereocenters. The number of methoxy groups -OCH3 is 1. The Morgan fingerprint density at radius 2 is 1.90 bits per heavy atom. The Balaban J connectivity index is 1.41. The van der Waals surface area contributed by atoms with E-state index in [-0.39, 0.29) is 23.4 Å². The number of piperidine rings is 1. The number of hydrogen-bond donors (Lipinski definition) is 3. The molecule has 4 heterocycles. The Hall–Kier alpha value is -2.62. The second-order valence-corrected chi connectivity index (χ2v) is 14.8. The van der Waals surface area contributed by atoms with E-state index in [0.717, 1.165) is 19.3 Å². The van der Waals surface area contributed by atoms with Crippen LogP contribution in [-0.4, -0.2) is 101 Å². The van der Waals surface area contributed by atoms with Gasteiger partial charge in [-0.15, -0.1) is 0 Å². The van der Waals surface area contributed by atoms with Crippen molar-refractivity contribution in [3.05, 3.63) is 35.5 Å².